The Hall–Kier alpha value is -1.55. The molecule has 0 spiro atoms. The van der Waals surface area contributed by atoms with E-state index in [1.807, 2.05) is 31.2 Å². The lowest BCUT2D eigenvalue weighted by molar-refractivity contribution is -0.144. The second kappa shape index (κ2) is 5.87. The Kier molecular flexibility index (Phi) is 4.20. The van der Waals surface area contributed by atoms with Gasteiger partial charge in [0, 0.05) is 12.3 Å². The fourth-order valence-corrected chi connectivity index (χ4v) is 2.13. The van der Waals surface area contributed by atoms with Crippen molar-refractivity contribution in [1.29, 1.82) is 0 Å². The van der Waals surface area contributed by atoms with Crippen molar-refractivity contribution in [2.24, 2.45) is 0 Å². The monoisotopic (exact) mass is 249 g/mol. The number of ether oxygens (including phenoxy) is 2. The molecule has 1 saturated heterocycles. The first-order valence-electron chi connectivity index (χ1n) is 6.23. The van der Waals surface area contributed by atoms with E-state index in [0.29, 0.717) is 6.61 Å². The average molecular weight is 249 g/mol. The molecule has 1 aliphatic heterocycles. The van der Waals surface area contributed by atoms with Crippen molar-refractivity contribution < 1.29 is 14.3 Å². The van der Waals surface area contributed by atoms with Crippen LogP contribution in [0.2, 0.25) is 0 Å². The molecule has 1 aromatic rings. The largest absolute Gasteiger partial charge is 0.467 e. The normalized spacial score (nSPS) is 20.4. The summed E-state index contributed by atoms with van der Waals surface area (Å²) in [7, 11) is 1.40. The van der Waals surface area contributed by atoms with Crippen molar-refractivity contribution in [3.63, 3.8) is 0 Å². The highest BCUT2D eigenvalue weighted by molar-refractivity contribution is 5.80. The molecule has 98 valence electrons. The van der Waals surface area contributed by atoms with Crippen LogP contribution in [0.3, 0.4) is 0 Å². The molecule has 2 rings (SSSR count). The van der Waals surface area contributed by atoms with Crippen molar-refractivity contribution in [3.05, 3.63) is 29.8 Å². The van der Waals surface area contributed by atoms with E-state index < -0.39 is 6.04 Å². The number of methoxy groups -OCH3 is 1. The third-order valence-corrected chi connectivity index (χ3v) is 3.17. The molecule has 1 aliphatic rings. The zero-order valence-corrected chi connectivity index (χ0v) is 10.8. The summed E-state index contributed by atoms with van der Waals surface area (Å²) in [6.45, 7) is 2.75. The summed E-state index contributed by atoms with van der Waals surface area (Å²) in [6, 6.07) is 7.50. The summed E-state index contributed by atoms with van der Waals surface area (Å²) in [5.74, 6) is -0.275. The summed E-state index contributed by atoms with van der Waals surface area (Å²) in [5.41, 5.74) is 2.10. The van der Waals surface area contributed by atoms with E-state index >= 15 is 0 Å². The number of esters is 1. The Morgan fingerprint density at radius 1 is 1.44 bits per heavy atom. The third-order valence-electron chi connectivity index (χ3n) is 3.17. The summed E-state index contributed by atoms with van der Waals surface area (Å²) < 4.78 is 10.4. The summed E-state index contributed by atoms with van der Waals surface area (Å²) in [5, 5.41) is 3.20. The van der Waals surface area contributed by atoms with Gasteiger partial charge in [-0.15, -0.1) is 0 Å². The number of benzene rings is 1. The van der Waals surface area contributed by atoms with Crippen LogP contribution in [0.1, 0.15) is 18.4 Å². The Bertz CT molecular complexity index is 396. The van der Waals surface area contributed by atoms with Crippen molar-refractivity contribution in [1.82, 2.24) is 0 Å². The maximum Gasteiger partial charge on any atom is 0.331 e. The third kappa shape index (κ3) is 3.01. The van der Waals surface area contributed by atoms with E-state index in [4.69, 9.17) is 9.47 Å². The van der Waals surface area contributed by atoms with E-state index in [2.05, 4.69) is 5.32 Å². The molecule has 4 nitrogen and oxygen atoms in total. The fraction of sp³-hybridized carbons (Fsp3) is 0.500. The molecular weight excluding hydrogens is 230 g/mol. The van der Waals surface area contributed by atoms with Gasteiger partial charge in [0.15, 0.2) is 6.04 Å². The van der Waals surface area contributed by atoms with E-state index in [1.165, 1.54) is 12.7 Å². The van der Waals surface area contributed by atoms with Crippen molar-refractivity contribution in [2.45, 2.75) is 31.9 Å². The van der Waals surface area contributed by atoms with Crippen molar-refractivity contribution >= 4 is 11.7 Å². The number of carbonyl (C=O) groups is 1. The molecule has 4 heteroatoms. The molecule has 1 fully saturated rings. The molecule has 1 heterocycles. The number of hydrogen-bond donors (Lipinski definition) is 1. The van der Waals surface area contributed by atoms with Gasteiger partial charge in [-0.1, -0.05) is 17.7 Å². The number of nitrogens with one attached hydrogen (secondary N) is 1. The van der Waals surface area contributed by atoms with Crippen LogP contribution in [0.15, 0.2) is 24.3 Å². The second-order valence-electron chi connectivity index (χ2n) is 4.56. The predicted molar refractivity (Wildman–Crippen MR) is 69.6 cm³/mol. The summed E-state index contributed by atoms with van der Waals surface area (Å²) in [4.78, 5) is 11.8. The van der Waals surface area contributed by atoms with Gasteiger partial charge in [0.25, 0.3) is 0 Å². The van der Waals surface area contributed by atoms with Crippen LogP contribution in [0.5, 0.6) is 0 Å². The first-order chi connectivity index (χ1) is 8.70. The Morgan fingerprint density at radius 3 is 2.72 bits per heavy atom. The van der Waals surface area contributed by atoms with Crippen LogP contribution in [0.4, 0.5) is 5.69 Å². The van der Waals surface area contributed by atoms with Crippen LogP contribution in [-0.2, 0) is 14.3 Å². The molecule has 1 N–H and O–H groups in total. The standard InChI is InChI=1S/C14H19NO3/c1-10-5-7-11(8-6-10)15-13(14(16)17-2)12-4-3-9-18-12/h5-8,12-13,15H,3-4,9H2,1-2H3. The van der Waals surface area contributed by atoms with Gasteiger partial charge in [-0.25, -0.2) is 4.79 Å². The van der Waals surface area contributed by atoms with Crippen LogP contribution in [0, 0.1) is 6.92 Å². The highest BCUT2D eigenvalue weighted by Gasteiger charge is 2.32. The Balaban J connectivity index is 2.09. The van der Waals surface area contributed by atoms with Crippen LogP contribution >= 0.6 is 0 Å². The SMILES string of the molecule is COC(=O)C(Nc1ccc(C)cc1)C1CCCO1. The fourth-order valence-electron chi connectivity index (χ4n) is 2.13. The summed E-state index contributed by atoms with van der Waals surface area (Å²) >= 11 is 0. The number of rotatable bonds is 4. The van der Waals surface area contributed by atoms with Gasteiger partial charge in [-0.2, -0.15) is 0 Å². The van der Waals surface area contributed by atoms with E-state index in [9.17, 15) is 4.79 Å². The van der Waals surface area contributed by atoms with Gasteiger partial charge in [-0.05, 0) is 31.9 Å². The van der Waals surface area contributed by atoms with Gasteiger partial charge in [0.1, 0.15) is 0 Å². The smallest absolute Gasteiger partial charge is 0.331 e. The maximum absolute atomic E-state index is 11.8. The van der Waals surface area contributed by atoms with Crippen LogP contribution in [-0.4, -0.2) is 31.8 Å². The minimum Gasteiger partial charge on any atom is -0.467 e. The van der Waals surface area contributed by atoms with Gasteiger partial charge in [0.05, 0.1) is 13.2 Å². The molecule has 0 bridgehead atoms. The topological polar surface area (TPSA) is 47.6 Å². The highest BCUT2D eigenvalue weighted by atomic mass is 16.5. The predicted octanol–water partition coefficient (Wildman–Crippen LogP) is 2.13. The van der Waals surface area contributed by atoms with Crippen LogP contribution in [0.25, 0.3) is 0 Å². The minimum absolute atomic E-state index is 0.0984. The molecule has 2 atom stereocenters. The van der Waals surface area contributed by atoms with E-state index in [-0.39, 0.29) is 12.1 Å². The molecule has 0 radical (unpaired) electrons. The Labute approximate surface area is 107 Å². The van der Waals surface area contributed by atoms with Crippen LogP contribution < -0.4 is 5.32 Å². The van der Waals surface area contributed by atoms with Crippen molar-refractivity contribution in [3.8, 4) is 0 Å². The second-order valence-corrected chi connectivity index (χ2v) is 4.56. The molecule has 0 saturated carbocycles. The average Bonchev–Trinajstić information content (AvgIpc) is 2.91. The first kappa shape index (κ1) is 12.9. The lowest BCUT2D eigenvalue weighted by Gasteiger charge is -2.22. The zero-order chi connectivity index (χ0) is 13.0. The van der Waals surface area contributed by atoms with Gasteiger partial charge in [0.2, 0.25) is 0 Å². The van der Waals surface area contributed by atoms with Gasteiger partial charge >= 0.3 is 5.97 Å². The van der Waals surface area contributed by atoms with Gasteiger partial charge in [-0.3, -0.25) is 0 Å². The highest BCUT2D eigenvalue weighted by Crippen LogP contribution is 2.20. The first-order valence-corrected chi connectivity index (χ1v) is 6.23. The number of aryl methyl sites for hydroxylation is 1. The lowest BCUT2D eigenvalue weighted by Crippen LogP contribution is -2.41. The molecule has 0 amide bonds. The minimum atomic E-state index is -0.430. The quantitative estimate of drug-likeness (QED) is 0.830. The molecule has 0 aliphatic carbocycles. The van der Waals surface area contributed by atoms with E-state index in [1.54, 1.807) is 0 Å². The molecular formula is C14H19NO3. The lowest BCUT2D eigenvalue weighted by atomic mass is 10.1. The number of hydrogen-bond acceptors (Lipinski definition) is 4. The number of anilines is 1. The zero-order valence-electron chi connectivity index (χ0n) is 10.8. The molecule has 18 heavy (non-hydrogen) atoms. The van der Waals surface area contributed by atoms with Gasteiger partial charge < -0.3 is 14.8 Å². The molecule has 1 aromatic carbocycles. The maximum atomic E-state index is 11.8. The molecule has 2 unspecified atom stereocenters. The summed E-state index contributed by atoms with van der Waals surface area (Å²) in [6.07, 6.45) is 1.78. The molecule has 0 aromatic heterocycles. The van der Waals surface area contributed by atoms with E-state index in [0.717, 1.165) is 18.5 Å². The number of carbonyl (C=O) groups excluding carboxylic acids is 1. The van der Waals surface area contributed by atoms with Crippen molar-refractivity contribution in [2.75, 3.05) is 19.0 Å². The Morgan fingerprint density at radius 2 is 2.17 bits per heavy atom.